The number of nitrogens with zero attached hydrogens (tertiary/aromatic N) is 5. The zero-order valence-electron chi connectivity index (χ0n) is 40.6. The number of sulfonamides is 1. The highest BCUT2D eigenvalue weighted by atomic mass is 32.2. The summed E-state index contributed by atoms with van der Waals surface area (Å²) < 4.78 is 40.3. The average Bonchev–Trinajstić information content (AvgIpc) is 3.79. The van der Waals surface area contributed by atoms with Crippen LogP contribution < -0.4 is 10.7 Å². The molecule has 366 valence electrons. The number of aromatic nitrogens is 1. The molecule has 4 aliphatic heterocycles. The molecule has 3 fully saturated rings. The van der Waals surface area contributed by atoms with Crippen LogP contribution in [0, 0.1) is 16.7 Å². The molecule has 6 bridgehead atoms. The van der Waals surface area contributed by atoms with Gasteiger partial charge in [-0.05, 0) is 98.9 Å². The summed E-state index contributed by atoms with van der Waals surface area (Å²) in [5.41, 5.74) is 8.03. The van der Waals surface area contributed by atoms with Gasteiger partial charge in [-0.2, -0.15) is 4.31 Å². The van der Waals surface area contributed by atoms with E-state index in [4.69, 9.17) is 14.5 Å². The lowest BCUT2D eigenvalue weighted by atomic mass is 9.80. The molecule has 1 aromatic heterocycles. The third-order valence-corrected chi connectivity index (χ3v) is 15.3. The molecule has 3 aromatic rings. The second-order valence-corrected chi connectivity index (χ2v) is 21.6. The Balaban J connectivity index is 1.32. The number of amides is 3. The Labute approximate surface area is 400 Å². The summed E-state index contributed by atoms with van der Waals surface area (Å²) in [5, 5.41) is 17.5. The molecular weight excluding hydrogens is 887 g/mol. The number of rotatable bonds is 12. The van der Waals surface area contributed by atoms with Crippen LogP contribution in [0.25, 0.3) is 27.6 Å². The predicted octanol–water partition coefficient (Wildman–Crippen LogP) is 5.74. The van der Waals surface area contributed by atoms with E-state index in [0.29, 0.717) is 49.1 Å². The van der Waals surface area contributed by atoms with Crippen molar-refractivity contribution in [2.45, 2.75) is 111 Å². The smallest absolute Gasteiger partial charge is 0.324 e. The van der Waals surface area contributed by atoms with E-state index in [2.05, 4.69) is 61.4 Å². The van der Waals surface area contributed by atoms with Gasteiger partial charge in [-0.1, -0.05) is 59.1 Å². The van der Waals surface area contributed by atoms with E-state index in [0.717, 1.165) is 38.7 Å². The lowest BCUT2D eigenvalue weighted by Crippen LogP contribution is -2.64. The van der Waals surface area contributed by atoms with Crippen molar-refractivity contribution in [2.75, 3.05) is 39.9 Å². The molecule has 4 aliphatic rings. The second kappa shape index (κ2) is 19.8. The van der Waals surface area contributed by atoms with Gasteiger partial charge in [0, 0.05) is 79.8 Å². The Hall–Kier alpha value is -5.62. The third-order valence-electron chi connectivity index (χ3n) is 13.9. The standard InChI is InChI=1S/C51H67N7O9S/c1-11-37(43(52-12-2)32(7)66-10)45-39-27-50(8,9)30-67-48(62)40-16-15-20-58(54-40)47(61)41(24-33-22-35(25-36(59)23-33)34-17-18-42(38(39)26-34)56(45)13-3)53-46(60)44(31(5)6)57-21-19-51(49(57)63)28-55(29-51)68(64,65)14-4/h11-12,14,17-18,22-23,25-26,31-32,40-41,44,54,59H,1,4,13,15-16,19-21,24,27-30H2,2-3,5-10H3,(H,53,60)/b43-37+,52-12-/t32-,40-,41-,44-/m0/s1. The minimum absolute atomic E-state index is 0.00117. The van der Waals surface area contributed by atoms with Gasteiger partial charge in [0.05, 0.1) is 29.5 Å². The fraction of sp³-hybridized carbons (Fsp3) is 0.510. The molecule has 3 N–H and O–H groups in total. The van der Waals surface area contributed by atoms with Crippen molar-refractivity contribution in [3.8, 4) is 16.9 Å². The summed E-state index contributed by atoms with van der Waals surface area (Å²) in [6.07, 6.45) is 4.92. The SMILES string of the molecule is C=C/C(=C(\N=C/C)[C@H](C)OC)c1c2c3cc(ccc3n1CC)-c1cc(O)cc(c1)C[C@H](NC(=O)[C@H](C(C)C)N1CCC3(CN(S(=O)(=O)C=C)C3)C1=O)C(=O)N1CCC[C@H](N1)C(=O)OCC(C)(C)C2. The van der Waals surface area contributed by atoms with Crippen LogP contribution in [0.5, 0.6) is 5.75 Å². The monoisotopic (exact) mass is 953 g/mol. The number of cyclic esters (lactones) is 1. The van der Waals surface area contributed by atoms with Crippen molar-refractivity contribution in [1.29, 1.82) is 0 Å². The van der Waals surface area contributed by atoms with E-state index in [9.17, 15) is 32.7 Å². The maximum atomic E-state index is 14.8. The van der Waals surface area contributed by atoms with E-state index in [1.165, 1.54) is 14.2 Å². The first-order valence-corrected chi connectivity index (χ1v) is 25.1. The minimum Gasteiger partial charge on any atom is -0.508 e. The number of fused-ring (bicyclic) bond motifs is 6. The number of hydrogen-bond acceptors (Lipinski definition) is 11. The van der Waals surface area contributed by atoms with Crippen molar-refractivity contribution in [3.63, 3.8) is 0 Å². The average molecular weight is 954 g/mol. The van der Waals surface area contributed by atoms with E-state index in [1.807, 2.05) is 45.9 Å². The largest absolute Gasteiger partial charge is 0.508 e. The molecule has 4 atom stereocenters. The molecule has 0 radical (unpaired) electrons. The quantitative estimate of drug-likeness (QED) is 0.115. The van der Waals surface area contributed by atoms with E-state index >= 15 is 0 Å². The predicted molar refractivity (Wildman–Crippen MR) is 262 cm³/mol. The minimum atomic E-state index is -3.71. The number of likely N-dealkylation sites (tertiary alicyclic amines) is 1. The number of phenolic OH excluding ortho intramolecular Hbond substituents is 1. The number of benzene rings is 2. The van der Waals surface area contributed by atoms with Gasteiger partial charge in [-0.15, -0.1) is 0 Å². The van der Waals surface area contributed by atoms with Gasteiger partial charge in [-0.3, -0.25) is 29.2 Å². The van der Waals surface area contributed by atoms with Crippen LogP contribution in [0.3, 0.4) is 0 Å². The summed E-state index contributed by atoms with van der Waals surface area (Å²) in [6.45, 7) is 22.5. The molecule has 3 saturated heterocycles. The van der Waals surface area contributed by atoms with Crippen LogP contribution >= 0.6 is 0 Å². The Bertz CT molecular complexity index is 2680. The molecule has 16 nitrogen and oxygen atoms in total. The summed E-state index contributed by atoms with van der Waals surface area (Å²) >= 11 is 0. The number of methoxy groups -OCH3 is 1. The highest BCUT2D eigenvalue weighted by Gasteiger charge is 2.59. The summed E-state index contributed by atoms with van der Waals surface area (Å²) in [4.78, 5) is 63.7. The van der Waals surface area contributed by atoms with Crippen molar-refractivity contribution in [2.24, 2.45) is 21.7 Å². The van der Waals surface area contributed by atoms with Gasteiger partial charge < -0.3 is 29.4 Å². The first-order valence-electron chi connectivity index (χ1n) is 23.6. The van der Waals surface area contributed by atoms with E-state index in [1.54, 1.807) is 25.5 Å². The molecule has 0 saturated carbocycles. The van der Waals surface area contributed by atoms with Crippen molar-refractivity contribution < 1.29 is 42.2 Å². The summed E-state index contributed by atoms with van der Waals surface area (Å²) in [5.74, 6) is -2.29. The van der Waals surface area contributed by atoms with Crippen LogP contribution in [0.1, 0.15) is 84.5 Å². The number of phenols is 1. The number of aromatic hydroxyl groups is 1. The number of ether oxygens (including phenoxy) is 2. The maximum absolute atomic E-state index is 14.8. The number of esters is 1. The summed E-state index contributed by atoms with van der Waals surface area (Å²) in [7, 11) is -2.07. The lowest BCUT2D eigenvalue weighted by molar-refractivity contribution is -0.155. The Kier molecular flexibility index (Phi) is 14.6. The molecule has 17 heteroatoms. The lowest BCUT2D eigenvalue weighted by Gasteiger charge is -2.45. The third kappa shape index (κ3) is 9.67. The van der Waals surface area contributed by atoms with Crippen LogP contribution in [0.15, 0.2) is 71.7 Å². The molecular formula is C51H67N7O9S. The van der Waals surface area contributed by atoms with Gasteiger partial charge in [0.15, 0.2) is 0 Å². The van der Waals surface area contributed by atoms with E-state index in [-0.39, 0.29) is 62.9 Å². The number of carbonyl (C=O) groups excluding carboxylic acids is 4. The number of allylic oxidation sites excluding steroid dienone is 2. The van der Waals surface area contributed by atoms with Crippen molar-refractivity contribution in [1.82, 2.24) is 29.5 Å². The van der Waals surface area contributed by atoms with Crippen LogP contribution in [0.2, 0.25) is 0 Å². The van der Waals surface area contributed by atoms with Gasteiger partial charge in [-0.25, -0.2) is 13.8 Å². The molecule has 7 rings (SSSR count). The molecule has 68 heavy (non-hydrogen) atoms. The normalized spacial score (nSPS) is 22.5. The Morgan fingerprint density at radius 2 is 1.82 bits per heavy atom. The van der Waals surface area contributed by atoms with Gasteiger partial charge in [0.1, 0.15) is 23.9 Å². The summed E-state index contributed by atoms with van der Waals surface area (Å²) in [6, 6.07) is 8.26. The first kappa shape index (κ1) is 50.3. The molecule has 0 aliphatic carbocycles. The first-order chi connectivity index (χ1) is 32.2. The zero-order chi connectivity index (χ0) is 49.5. The molecule has 1 spiro atoms. The van der Waals surface area contributed by atoms with Gasteiger partial charge >= 0.3 is 5.97 Å². The second-order valence-electron chi connectivity index (χ2n) is 19.7. The van der Waals surface area contributed by atoms with Crippen LogP contribution in [-0.4, -0.2) is 126 Å². The zero-order valence-corrected chi connectivity index (χ0v) is 41.4. The number of nitrogens with one attached hydrogen (secondary N) is 2. The van der Waals surface area contributed by atoms with Crippen LogP contribution in [0.4, 0.5) is 0 Å². The number of aliphatic imine (C=N–C) groups is 1. The fourth-order valence-electron chi connectivity index (χ4n) is 10.4. The molecule has 5 heterocycles. The van der Waals surface area contributed by atoms with Crippen molar-refractivity contribution in [3.05, 3.63) is 83.6 Å². The van der Waals surface area contributed by atoms with Gasteiger partial charge in [0.2, 0.25) is 21.8 Å². The van der Waals surface area contributed by atoms with Gasteiger partial charge in [0.25, 0.3) is 5.91 Å². The number of carbonyl (C=O) groups is 4. The Morgan fingerprint density at radius 3 is 2.47 bits per heavy atom. The molecule has 0 unspecified atom stereocenters. The fourth-order valence-corrected chi connectivity index (χ4v) is 11.4. The number of aryl methyl sites for hydroxylation is 1. The van der Waals surface area contributed by atoms with E-state index < -0.39 is 56.8 Å². The van der Waals surface area contributed by atoms with Crippen LogP contribution in [-0.2, 0) is 58.1 Å². The molecule has 2 aromatic carbocycles. The number of hydrazine groups is 1. The number of hydrogen-bond donors (Lipinski definition) is 3. The highest BCUT2D eigenvalue weighted by Crippen LogP contribution is 2.44. The Morgan fingerprint density at radius 1 is 1.09 bits per heavy atom. The topological polar surface area (TPSA) is 192 Å². The highest BCUT2D eigenvalue weighted by molar-refractivity contribution is 7.92. The maximum Gasteiger partial charge on any atom is 0.324 e. The van der Waals surface area contributed by atoms with Crippen molar-refractivity contribution >= 4 is 56.4 Å². The molecule has 3 amide bonds.